The second-order valence-electron chi connectivity index (χ2n) is 5.76. The molecule has 4 heteroatoms. The first-order valence-corrected chi connectivity index (χ1v) is 7.42. The Balaban J connectivity index is 1.84. The van der Waals surface area contributed by atoms with Crippen molar-refractivity contribution in [2.45, 2.75) is 33.1 Å². The highest BCUT2D eigenvalue weighted by molar-refractivity contribution is 5.93. The van der Waals surface area contributed by atoms with Crippen molar-refractivity contribution in [2.24, 2.45) is 5.92 Å². The maximum absolute atomic E-state index is 12.6. The van der Waals surface area contributed by atoms with E-state index in [0.29, 0.717) is 11.6 Å². The Bertz CT molecular complexity index is 632. The average Bonchev–Trinajstić information content (AvgIpc) is 2.89. The van der Waals surface area contributed by atoms with E-state index in [9.17, 15) is 4.79 Å². The molecule has 20 heavy (non-hydrogen) atoms. The van der Waals surface area contributed by atoms with Gasteiger partial charge in [-0.15, -0.1) is 0 Å². The molecular weight excluding hydrogens is 250 g/mol. The molecule has 0 bridgehead atoms. The topological polar surface area (TPSA) is 37.6 Å². The van der Waals surface area contributed by atoms with E-state index in [0.717, 1.165) is 37.1 Å². The van der Waals surface area contributed by atoms with Gasteiger partial charge in [-0.25, -0.2) is 4.98 Å². The van der Waals surface area contributed by atoms with Gasteiger partial charge in [0.25, 0.3) is 5.91 Å². The summed E-state index contributed by atoms with van der Waals surface area (Å²) in [6.07, 6.45) is 7.29. The minimum absolute atomic E-state index is 0.0736. The lowest BCUT2D eigenvalue weighted by atomic mass is 9.95. The molecule has 2 aromatic rings. The number of carbonyl (C=O) groups is 1. The Morgan fingerprint density at radius 2 is 2.35 bits per heavy atom. The molecule has 4 nitrogen and oxygen atoms in total. The van der Waals surface area contributed by atoms with Crippen molar-refractivity contribution < 1.29 is 4.79 Å². The fourth-order valence-corrected chi connectivity index (χ4v) is 2.93. The lowest BCUT2D eigenvalue weighted by molar-refractivity contribution is 0.0666. The Morgan fingerprint density at radius 1 is 1.50 bits per heavy atom. The molecule has 0 N–H and O–H groups in total. The molecule has 1 aliphatic rings. The summed E-state index contributed by atoms with van der Waals surface area (Å²) in [6.45, 7) is 5.98. The van der Waals surface area contributed by atoms with Gasteiger partial charge in [-0.1, -0.05) is 13.3 Å². The van der Waals surface area contributed by atoms with Gasteiger partial charge in [-0.2, -0.15) is 0 Å². The van der Waals surface area contributed by atoms with E-state index in [1.165, 1.54) is 6.42 Å². The molecule has 0 aromatic carbocycles. The summed E-state index contributed by atoms with van der Waals surface area (Å²) in [5, 5.41) is 0. The molecule has 3 heterocycles. The highest BCUT2D eigenvalue weighted by Gasteiger charge is 2.24. The van der Waals surface area contributed by atoms with E-state index >= 15 is 0 Å². The van der Waals surface area contributed by atoms with Gasteiger partial charge < -0.3 is 9.30 Å². The summed E-state index contributed by atoms with van der Waals surface area (Å²) in [4.78, 5) is 19.0. The number of fused-ring (bicyclic) bond motifs is 1. The van der Waals surface area contributed by atoms with Crippen LogP contribution in [0.3, 0.4) is 0 Å². The van der Waals surface area contributed by atoms with Crippen molar-refractivity contribution in [1.82, 2.24) is 14.3 Å². The fourth-order valence-electron chi connectivity index (χ4n) is 2.93. The molecule has 1 atom stereocenters. The number of imidazole rings is 1. The number of carbonyl (C=O) groups excluding carboxylic acids is 1. The van der Waals surface area contributed by atoms with E-state index in [1.807, 2.05) is 40.8 Å². The third-order valence-electron chi connectivity index (χ3n) is 4.22. The summed E-state index contributed by atoms with van der Waals surface area (Å²) in [5.41, 5.74) is 2.57. The van der Waals surface area contributed by atoms with Gasteiger partial charge in [-0.05, 0) is 43.4 Å². The third kappa shape index (κ3) is 2.42. The first-order valence-electron chi connectivity index (χ1n) is 7.42. The van der Waals surface area contributed by atoms with Crippen molar-refractivity contribution >= 4 is 11.6 Å². The number of hydrogen-bond acceptors (Lipinski definition) is 2. The van der Waals surface area contributed by atoms with Crippen LogP contribution >= 0.6 is 0 Å². The molecule has 0 radical (unpaired) electrons. The fraction of sp³-hybridized carbons (Fsp3) is 0.500. The Morgan fingerprint density at radius 3 is 3.15 bits per heavy atom. The second-order valence-corrected chi connectivity index (χ2v) is 5.76. The number of pyridine rings is 1. The Hall–Kier alpha value is -1.84. The highest BCUT2D eigenvalue weighted by atomic mass is 16.2. The standard InChI is InChI=1S/C16H21N3O/c1-3-13-5-4-7-19(10-13)16(20)14-11-18-8-6-12(2)9-15(18)17-14/h6,8-9,11,13H,3-5,7,10H2,1-2H3. The molecular formula is C16H21N3O. The van der Waals surface area contributed by atoms with Crippen LogP contribution in [0.5, 0.6) is 0 Å². The normalized spacial score (nSPS) is 19.5. The van der Waals surface area contributed by atoms with Gasteiger partial charge in [0.1, 0.15) is 11.3 Å². The first kappa shape index (κ1) is 13.2. The van der Waals surface area contributed by atoms with Crippen LogP contribution in [-0.4, -0.2) is 33.3 Å². The van der Waals surface area contributed by atoms with Gasteiger partial charge in [-0.3, -0.25) is 4.79 Å². The van der Waals surface area contributed by atoms with Gasteiger partial charge in [0.15, 0.2) is 0 Å². The highest BCUT2D eigenvalue weighted by Crippen LogP contribution is 2.21. The molecule has 0 spiro atoms. The number of amides is 1. The molecule has 1 fully saturated rings. The zero-order chi connectivity index (χ0) is 14.1. The lowest BCUT2D eigenvalue weighted by Gasteiger charge is -2.31. The molecule has 0 aliphatic carbocycles. The first-order chi connectivity index (χ1) is 9.67. The molecule has 106 valence electrons. The van der Waals surface area contributed by atoms with Gasteiger partial charge >= 0.3 is 0 Å². The number of likely N-dealkylation sites (tertiary alicyclic amines) is 1. The molecule has 1 saturated heterocycles. The molecule has 0 saturated carbocycles. The number of aromatic nitrogens is 2. The second kappa shape index (κ2) is 5.27. The number of rotatable bonds is 2. The van der Waals surface area contributed by atoms with Crippen LogP contribution in [0.25, 0.3) is 5.65 Å². The van der Waals surface area contributed by atoms with Crippen LogP contribution in [0.4, 0.5) is 0 Å². The predicted molar refractivity (Wildman–Crippen MR) is 78.8 cm³/mol. The lowest BCUT2D eigenvalue weighted by Crippen LogP contribution is -2.39. The van der Waals surface area contributed by atoms with Crippen molar-refractivity contribution in [3.05, 3.63) is 35.8 Å². The maximum atomic E-state index is 12.6. The largest absolute Gasteiger partial charge is 0.337 e. The third-order valence-corrected chi connectivity index (χ3v) is 4.22. The SMILES string of the molecule is CCC1CCCN(C(=O)c2cn3ccc(C)cc3n2)C1. The van der Waals surface area contributed by atoms with Crippen LogP contribution in [0.15, 0.2) is 24.5 Å². The van der Waals surface area contributed by atoms with E-state index in [1.54, 1.807) is 0 Å². The quantitative estimate of drug-likeness (QED) is 0.842. The minimum Gasteiger partial charge on any atom is -0.337 e. The number of piperidine rings is 1. The van der Waals surface area contributed by atoms with E-state index < -0.39 is 0 Å². The summed E-state index contributed by atoms with van der Waals surface area (Å²) >= 11 is 0. The van der Waals surface area contributed by atoms with E-state index in [4.69, 9.17) is 0 Å². The van der Waals surface area contributed by atoms with Crippen molar-refractivity contribution in [3.63, 3.8) is 0 Å². The zero-order valence-corrected chi connectivity index (χ0v) is 12.2. The van der Waals surface area contributed by atoms with Crippen LogP contribution < -0.4 is 0 Å². The smallest absolute Gasteiger partial charge is 0.274 e. The molecule has 1 amide bonds. The Labute approximate surface area is 119 Å². The average molecular weight is 271 g/mol. The molecule has 2 aromatic heterocycles. The van der Waals surface area contributed by atoms with Gasteiger partial charge in [0, 0.05) is 25.5 Å². The van der Waals surface area contributed by atoms with Gasteiger partial charge in [0.2, 0.25) is 0 Å². The van der Waals surface area contributed by atoms with Crippen LogP contribution in [-0.2, 0) is 0 Å². The van der Waals surface area contributed by atoms with Gasteiger partial charge in [0.05, 0.1) is 0 Å². The van der Waals surface area contributed by atoms with Crippen molar-refractivity contribution in [2.75, 3.05) is 13.1 Å². The monoisotopic (exact) mass is 271 g/mol. The van der Waals surface area contributed by atoms with Crippen LogP contribution in [0.2, 0.25) is 0 Å². The van der Waals surface area contributed by atoms with Crippen LogP contribution in [0, 0.1) is 12.8 Å². The molecule has 1 aliphatic heterocycles. The molecule has 3 rings (SSSR count). The van der Waals surface area contributed by atoms with Crippen molar-refractivity contribution in [1.29, 1.82) is 0 Å². The zero-order valence-electron chi connectivity index (χ0n) is 12.2. The maximum Gasteiger partial charge on any atom is 0.274 e. The summed E-state index contributed by atoms with van der Waals surface area (Å²) in [5.74, 6) is 0.719. The number of nitrogens with zero attached hydrogens (tertiary/aromatic N) is 3. The molecule has 1 unspecified atom stereocenters. The Kier molecular flexibility index (Phi) is 3.47. The number of aryl methyl sites for hydroxylation is 1. The van der Waals surface area contributed by atoms with Crippen molar-refractivity contribution in [3.8, 4) is 0 Å². The predicted octanol–water partition coefficient (Wildman–Crippen LogP) is 2.90. The minimum atomic E-state index is 0.0736. The van der Waals surface area contributed by atoms with E-state index in [-0.39, 0.29) is 5.91 Å². The summed E-state index contributed by atoms with van der Waals surface area (Å²) < 4.78 is 1.92. The number of hydrogen-bond donors (Lipinski definition) is 0. The summed E-state index contributed by atoms with van der Waals surface area (Å²) in [6, 6.07) is 4.03. The van der Waals surface area contributed by atoms with Crippen LogP contribution in [0.1, 0.15) is 42.2 Å². The summed E-state index contributed by atoms with van der Waals surface area (Å²) in [7, 11) is 0. The van der Waals surface area contributed by atoms with E-state index in [2.05, 4.69) is 11.9 Å².